The first kappa shape index (κ1) is 10.6. The molecule has 2 aromatic heterocycles. The number of nitrogen functional groups attached to an aromatic ring is 1. The molecule has 2 heterocycles. The lowest BCUT2D eigenvalue weighted by molar-refractivity contribution is 0.594. The number of rotatable bonds is 1. The molecule has 1 aromatic carbocycles. The molecule has 2 N–H and O–H groups in total. The lowest BCUT2D eigenvalue weighted by atomic mass is 10.3. The fraction of sp³-hybridized carbons (Fsp3) is 0. The Morgan fingerprint density at radius 2 is 2.00 bits per heavy atom. The van der Waals surface area contributed by atoms with Gasteiger partial charge in [-0.2, -0.15) is 0 Å². The Hall–Kier alpha value is -2.50. The molecule has 0 bridgehead atoms. The largest absolute Gasteiger partial charge is 0.369 e. The minimum atomic E-state index is -0.590. The van der Waals surface area contributed by atoms with Gasteiger partial charge in [-0.3, -0.25) is 4.57 Å². The molecule has 0 spiro atoms. The Morgan fingerprint density at radius 3 is 2.83 bits per heavy atom. The van der Waals surface area contributed by atoms with Crippen LogP contribution in [-0.2, 0) is 0 Å². The predicted molar refractivity (Wildman–Crippen MR) is 63.2 cm³/mol. The molecule has 18 heavy (non-hydrogen) atoms. The maximum atomic E-state index is 13.7. The first-order chi connectivity index (χ1) is 8.66. The molecule has 0 atom stereocenters. The number of pyridine rings is 1. The molecule has 0 aliphatic rings. The predicted octanol–water partition coefficient (Wildman–Crippen LogP) is 2.28. The lowest BCUT2D eigenvalue weighted by Gasteiger charge is -2.06. The van der Waals surface area contributed by atoms with Gasteiger partial charge in [0.1, 0.15) is 17.2 Å². The number of fused-ring (bicyclic) bond motifs is 1. The zero-order valence-corrected chi connectivity index (χ0v) is 9.14. The zero-order valence-electron chi connectivity index (χ0n) is 9.14. The molecule has 0 amide bonds. The van der Waals surface area contributed by atoms with Crippen molar-refractivity contribution in [2.75, 3.05) is 5.73 Å². The standard InChI is InChI=1S/C12H8F2N4/c13-7-3-4-8(14)10(6-7)18-11-9(17-12(18)15)2-1-5-16-11/h1-6H,(H2,15,17). The molecule has 0 aliphatic carbocycles. The molecular formula is C12H8F2N4. The van der Waals surface area contributed by atoms with E-state index in [1.54, 1.807) is 12.1 Å². The number of nitrogens with two attached hydrogens (primary N) is 1. The van der Waals surface area contributed by atoms with Crippen LogP contribution >= 0.6 is 0 Å². The maximum absolute atomic E-state index is 13.7. The number of hydrogen-bond acceptors (Lipinski definition) is 3. The molecule has 3 rings (SSSR count). The number of imidazole rings is 1. The van der Waals surface area contributed by atoms with Crippen LogP contribution < -0.4 is 5.73 Å². The summed E-state index contributed by atoms with van der Waals surface area (Å²) in [4.78, 5) is 8.13. The van der Waals surface area contributed by atoms with E-state index in [0.717, 1.165) is 18.2 Å². The van der Waals surface area contributed by atoms with E-state index < -0.39 is 11.6 Å². The van der Waals surface area contributed by atoms with E-state index >= 15 is 0 Å². The van der Waals surface area contributed by atoms with E-state index in [9.17, 15) is 8.78 Å². The highest BCUT2D eigenvalue weighted by molar-refractivity contribution is 5.76. The van der Waals surface area contributed by atoms with Crippen molar-refractivity contribution < 1.29 is 8.78 Å². The molecule has 3 aromatic rings. The highest BCUT2D eigenvalue weighted by Crippen LogP contribution is 2.23. The van der Waals surface area contributed by atoms with Gasteiger partial charge in [-0.05, 0) is 24.3 Å². The monoisotopic (exact) mass is 246 g/mol. The van der Waals surface area contributed by atoms with Crippen molar-refractivity contribution in [3.8, 4) is 5.69 Å². The number of nitrogens with zero attached hydrogens (tertiary/aromatic N) is 3. The molecule has 0 aliphatic heterocycles. The van der Waals surface area contributed by atoms with Crippen LogP contribution in [0.25, 0.3) is 16.9 Å². The van der Waals surface area contributed by atoms with Gasteiger partial charge >= 0.3 is 0 Å². The van der Waals surface area contributed by atoms with Gasteiger partial charge in [0, 0.05) is 12.3 Å². The summed E-state index contributed by atoms with van der Waals surface area (Å²) in [7, 11) is 0. The molecule has 6 heteroatoms. The number of anilines is 1. The van der Waals surface area contributed by atoms with Crippen LogP contribution in [0.4, 0.5) is 14.7 Å². The topological polar surface area (TPSA) is 56.7 Å². The summed E-state index contributed by atoms with van der Waals surface area (Å²) in [6, 6.07) is 6.54. The Morgan fingerprint density at radius 1 is 1.17 bits per heavy atom. The second-order valence-corrected chi connectivity index (χ2v) is 3.75. The van der Waals surface area contributed by atoms with Crippen LogP contribution in [0.3, 0.4) is 0 Å². The number of aromatic nitrogens is 3. The third-order valence-corrected chi connectivity index (χ3v) is 2.59. The van der Waals surface area contributed by atoms with Gasteiger partial charge in [-0.25, -0.2) is 18.7 Å². The second-order valence-electron chi connectivity index (χ2n) is 3.75. The Labute approximate surface area is 101 Å². The van der Waals surface area contributed by atoms with Crippen molar-refractivity contribution in [3.63, 3.8) is 0 Å². The number of hydrogen-bond donors (Lipinski definition) is 1. The van der Waals surface area contributed by atoms with E-state index in [1.807, 2.05) is 0 Å². The molecule has 90 valence electrons. The Bertz CT molecular complexity index is 736. The van der Waals surface area contributed by atoms with Crippen LogP contribution in [0.5, 0.6) is 0 Å². The van der Waals surface area contributed by atoms with Gasteiger partial charge in [-0.1, -0.05) is 0 Å². The minimum Gasteiger partial charge on any atom is -0.369 e. The van der Waals surface area contributed by atoms with Gasteiger partial charge in [0.25, 0.3) is 0 Å². The van der Waals surface area contributed by atoms with Crippen molar-refractivity contribution in [2.24, 2.45) is 0 Å². The van der Waals surface area contributed by atoms with Crippen LogP contribution in [0.1, 0.15) is 0 Å². The van der Waals surface area contributed by atoms with E-state index in [1.165, 1.54) is 10.8 Å². The molecule has 0 saturated carbocycles. The van der Waals surface area contributed by atoms with Crippen LogP contribution in [0.15, 0.2) is 36.5 Å². The Balaban J connectivity index is 2.37. The fourth-order valence-electron chi connectivity index (χ4n) is 1.82. The van der Waals surface area contributed by atoms with Crippen LogP contribution in [0, 0.1) is 11.6 Å². The molecule has 4 nitrogen and oxygen atoms in total. The normalized spacial score (nSPS) is 11.0. The maximum Gasteiger partial charge on any atom is 0.207 e. The van der Waals surface area contributed by atoms with Crippen LogP contribution in [0.2, 0.25) is 0 Å². The quantitative estimate of drug-likeness (QED) is 0.716. The van der Waals surface area contributed by atoms with E-state index in [4.69, 9.17) is 5.73 Å². The average Bonchev–Trinajstić information content (AvgIpc) is 2.68. The summed E-state index contributed by atoms with van der Waals surface area (Å²) < 4.78 is 28.2. The Kier molecular flexibility index (Phi) is 2.22. The fourth-order valence-corrected chi connectivity index (χ4v) is 1.82. The number of halogens is 2. The van der Waals surface area contributed by atoms with Gasteiger partial charge in [0.15, 0.2) is 5.65 Å². The van der Waals surface area contributed by atoms with Gasteiger partial charge < -0.3 is 5.73 Å². The zero-order chi connectivity index (χ0) is 12.7. The van der Waals surface area contributed by atoms with E-state index in [-0.39, 0.29) is 11.6 Å². The highest BCUT2D eigenvalue weighted by Gasteiger charge is 2.14. The third kappa shape index (κ3) is 1.50. The summed E-state index contributed by atoms with van der Waals surface area (Å²) in [5.41, 5.74) is 6.64. The van der Waals surface area contributed by atoms with Gasteiger partial charge in [0.2, 0.25) is 5.95 Å². The molecule has 0 radical (unpaired) electrons. The van der Waals surface area contributed by atoms with Gasteiger partial charge in [-0.15, -0.1) is 0 Å². The van der Waals surface area contributed by atoms with Crippen molar-refractivity contribution in [2.45, 2.75) is 0 Å². The summed E-state index contributed by atoms with van der Waals surface area (Å²) in [5, 5.41) is 0. The average molecular weight is 246 g/mol. The summed E-state index contributed by atoms with van der Waals surface area (Å²) in [6.07, 6.45) is 1.54. The first-order valence-corrected chi connectivity index (χ1v) is 5.21. The smallest absolute Gasteiger partial charge is 0.207 e. The second kappa shape index (κ2) is 3.76. The summed E-state index contributed by atoms with van der Waals surface area (Å²) in [5.74, 6) is -1.08. The van der Waals surface area contributed by atoms with Gasteiger partial charge in [0.05, 0.1) is 5.69 Å². The van der Waals surface area contributed by atoms with E-state index in [0.29, 0.717) is 11.2 Å². The van der Waals surface area contributed by atoms with Crippen LogP contribution in [-0.4, -0.2) is 14.5 Å². The number of benzene rings is 1. The SMILES string of the molecule is Nc1nc2cccnc2n1-c1cc(F)ccc1F. The minimum absolute atomic E-state index is 0.00583. The molecule has 0 unspecified atom stereocenters. The van der Waals surface area contributed by atoms with Crippen molar-refractivity contribution in [1.29, 1.82) is 0 Å². The highest BCUT2D eigenvalue weighted by atomic mass is 19.1. The summed E-state index contributed by atoms with van der Waals surface area (Å²) in [6.45, 7) is 0. The van der Waals surface area contributed by atoms with Crippen molar-refractivity contribution in [1.82, 2.24) is 14.5 Å². The molecular weight excluding hydrogens is 238 g/mol. The van der Waals surface area contributed by atoms with E-state index in [2.05, 4.69) is 9.97 Å². The summed E-state index contributed by atoms with van der Waals surface area (Å²) >= 11 is 0. The van der Waals surface area contributed by atoms with Crippen molar-refractivity contribution >= 4 is 17.1 Å². The molecule has 0 fully saturated rings. The van der Waals surface area contributed by atoms with Crippen molar-refractivity contribution in [3.05, 3.63) is 48.2 Å². The lowest BCUT2D eigenvalue weighted by Crippen LogP contribution is -2.04. The first-order valence-electron chi connectivity index (χ1n) is 5.21. The third-order valence-electron chi connectivity index (χ3n) is 2.59. The molecule has 0 saturated heterocycles.